The van der Waals surface area contributed by atoms with E-state index in [1.165, 1.54) is 0 Å². The third-order valence-corrected chi connectivity index (χ3v) is 5.71. The van der Waals surface area contributed by atoms with Crippen LogP contribution in [0.3, 0.4) is 0 Å². The quantitative estimate of drug-likeness (QED) is 0.882. The lowest BCUT2D eigenvalue weighted by Crippen LogP contribution is -2.48. The lowest BCUT2D eigenvalue weighted by Gasteiger charge is -2.33. The van der Waals surface area contributed by atoms with Crippen LogP contribution in [0.4, 0.5) is 4.79 Å². The van der Waals surface area contributed by atoms with Crippen molar-refractivity contribution in [1.82, 2.24) is 19.8 Å². The maximum absolute atomic E-state index is 12.5. The van der Waals surface area contributed by atoms with E-state index in [0.717, 1.165) is 36.9 Å². The molecule has 1 aromatic carbocycles. The number of amides is 2. The molecule has 2 saturated heterocycles. The summed E-state index contributed by atoms with van der Waals surface area (Å²) >= 11 is 0. The van der Waals surface area contributed by atoms with Crippen molar-refractivity contribution >= 4 is 17.1 Å². The number of rotatable bonds is 3. The van der Waals surface area contributed by atoms with E-state index in [-0.39, 0.29) is 23.2 Å². The molecule has 1 aromatic heterocycles. The fourth-order valence-electron chi connectivity index (χ4n) is 4.01. The van der Waals surface area contributed by atoms with E-state index < -0.39 is 0 Å². The molecule has 0 saturated carbocycles. The molecular weight excluding hydrogens is 332 g/mol. The normalized spacial score (nSPS) is 24.3. The number of H-pyrrole nitrogens is 1. The molecule has 2 amide bonds. The largest absolute Gasteiger partial charge is 0.381 e. The summed E-state index contributed by atoms with van der Waals surface area (Å²) in [4.78, 5) is 29.6. The van der Waals surface area contributed by atoms with Crippen molar-refractivity contribution in [2.24, 2.45) is 5.41 Å². The third-order valence-electron chi connectivity index (χ3n) is 5.71. The molecule has 2 aliphatic rings. The SMILES string of the molecule is CC1(CNC(=O)N2CCC(n3c(=O)[nH]c4ccccc43)CC2)CCOC1. The monoisotopic (exact) mass is 358 g/mol. The summed E-state index contributed by atoms with van der Waals surface area (Å²) in [6.45, 7) is 5.60. The lowest BCUT2D eigenvalue weighted by molar-refractivity contribution is 0.149. The number of hydrogen-bond acceptors (Lipinski definition) is 3. The summed E-state index contributed by atoms with van der Waals surface area (Å²) in [6.07, 6.45) is 2.56. The van der Waals surface area contributed by atoms with E-state index in [9.17, 15) is 9.59 Å². The number of nitrogens with zero attached hydrogens (tertiary/aromatic N) is 2. The van der Waals surface area contributed by atoms with Crippen molar-refractivity contribution in [3.8, 4) is 0 Å². The number of benzene rings is 1. The minimum absolute atomic E-state index is 0.0113. The second-order valence-corrected chi connectivity index (χ2v) is 7.81. The molecular formula is C19H26N4O3. The molecule has 140 valence electrons. The Morgan fingerprint density at radius 1 is 1.35 bits per heavy atom. The minimum atomic E-state index is -0.0664. The highest BCUT2D eigenvalue weighted by atomic mass is 16.5. The maximum Gasteiger partial charge on any atom is 0.326 e. The van der Waals surface area contributed by atoms with Gasteiger partial charge in [0, 0.05) is 37.7 Å². The molecule has 2 aromatic rings. The summed E-state index contributed by atoms with van der Waals surface area (Å²) < 4.78 is 7.29. The van der Waals surface area contributed by atoms with Gasteiger partial charge in [-0.25, -0.2) is 9.59 Å². The fourth-order valence-corrected chi connectivity index (χ4v) is 4.01. The molecule has 7 nitrogen and oxygen atoms in total. The summed E-state index contributed by atoms with van der Waals surface area (Å²) in [5.41, 5.74) is 1.79. The average Bonchev–Trinajstić information content (AvgIpc) is 3.23. The van der Waals surface area contributed by atoms with E-state index in [0.29, 0.717) is 26.2 Å². The van der Waals surface area contributed by atoms with Crippen LogP contribution in [0.15, 0.2) is 29.1 Å². The first kappa shape index (κ1) is 17.1. The lowest BCUT2D eigenvalue weighted by atomic mass is 9.90. The van der Waals surface area contributed by atoms with Gasteiger partial charge in [0.1, 0.15) is 0 Å². The van der Waals surface area contributed by atoms with Crippen molar-refractivity contribution in [3.63, 3.8) is 0 Å². The van der Waals surface area contributed by atoms with Crippen LogP contribution in [-0.4, -0.2) is 53.3 Å². The molecule has 2 fully saturated rings. The Morgan fingerprint density at radius 3 is 2.85 bits per heavy atom. The van der Waals surface area contributed by atoms with E-state index in [1.807, 2.05) is 33.7 Å². The zero-order valence-corrected chi connectivity index (χ0v) is 15.2. The third kappa shape index (κ3) is 3.23. The van der Waals surface area contributed by atoms with Gasteiger partial charge in [-0.1, -0.05) is 19.1 Å². The molecule has 0 aliphatic carbocycles. The summed E-state index contributed by atoms with van der Waals surface area (Å²) in [7, 11) is 0. The van der Waals surface area contributed by atoms with Gasteiger partial charge in [-0.2, -0.15) is 0 Å². The van der Waals surface area contributed by atoms with Crippen LogP contribution in [0.5, 0.6) is 0 Å². The molecule has 0 bridgehead atoms. The number of nitrogens with one attached hydrogen (secondary N) is 2. The number of fused-ring (bicyclic) bond motifs is 1. The fraction of sp³-hybridized carbons (Fsp3) is 0.579. The van der Waals surface area contributed by atoms with Gasteiger partial charge in [-0.3, -0.25) is 4.57 Å². The van der Waals surface area contributed by atoms with Gasteiger partial charge in [0.2, 0.25) is 0 Å². The number of carbonyl (C=O) groups excluding carboxylic acids is 1. The Hall–Kier alpha value is -2.28. The first-order valence-corrected chi connectivity index (χ1v) is 9.36. The molecule has 4 rings (SSSR count). The molecule has 0 spiro atoms. The number of para-hydroxylation sites is 2. The predicted octanol–water partition coefficient (Wildman–Crippen LogP) is 2.10. The summed E-state index contributed by atoms with van der Waals surface area (Å²) in [5.74, 6) is 0. The Bertz CT molecular complexity index is 842. The predicted molar refractivity (Wildman–Crippen MR) is 99.3 cm³/mol. The topological polar surface area (TPSA) is 79.4 Å². The highest BCUT2D eigenvalue weighted by molar-refractivity contribution is 5.75. The van der Waals surface area contributed by atoms with Crippen LogP contribution in [0.1, 0.15) is 32.2 Å². The van der Waals surface area contributed by atoms with Gasteiger partial charge in [0.25, 0.3) is 0 Å². The van der Waals surface area contributed by atoms with E-state index in [2.05, 4.69) is 17.2 Å². The zero-order chi connectivity index (χ0) is 18.1. The number of carbonyl (C=O) groups is 1. The van der Waals surface area contributed by atoms with Crippen molar-refractivity contribution in [1.29, 1.82) is 0 Å². The Kier molecular flexibility index (Phi) is 4.48. The Morgan fingerprint density at radius 2 is 2.12 bits per heavy atom. The first-order valence-electron chi connectivity index (χ1n) is 9.36. The van der Waals surface area contributed by atoms with E-state index in [1.54, 1.807) is 0 Å². The van der Waals surface area contributed by atoms with Crippen LogP contribution in [0.25, 0.3) is 11.0 Å². The molecule has 2 N–H and O–H groups in total. The zero-order valence-electron chi connectivity index (χ0n) is 15.2. The summed E-state index contributed by atoms with van der Waals surface area (Å²) in [6, 6.07) is 7.87. The number of hydrogen-bond donors (Lipinski definition) is 2. The van der Waals surface area contributed by atoms with Crippen molar-refractivity contribution in [2.45, 2.75) is 32.2 Å². The molecule has 26 heavy (non-hydrogen) atoms. The van der Waals surface area contributed by atoms with Crippen LogP contribution in [0.2, 0.25) is 0 Å². The Labute approximate surface area is 152 Å². The minimum Gasteiger partial charge on any atom is -0.381 e. The van der Waals surface area contributed by atoms with Gasteiger partial charge in [0.05, 0.1) is 17.6 Å². The Balaban J connectivity index is 1.37. The molecule has 1 unspecified atom stereocenters. The average molecular weight is 358 g/mol. The number of likely N-dealkylation sites (tertiary alicyclic amines) is 1. The van der Waals surface area contributed by atoms with Crippen LogP contribution < -0.4 is 11.0 Å². The highest BCUT2D eigenvalue weighted by Gasteiger charge is 2.31. The maximum atomic E-state index is 12.5. The van der Waals surface area contributed by atoms with Crippen LogP contribution in [0, 0.1) is 5.41 Å². The van der Waals surface area contributed by atoms with E-state index in [4.69, 9.17) is 4.74 Å². The van der Waals surface area contributed by atoms with Gasteiger partial charge in [0.15, 0.2) is 0 Å². The second-order valence-electron chi connectivity index (χ2n) is 7.81. The van der Waals surface area contributed by atoms with Gasteiger partial charge < -0.3 is 19.9 Å². The smallest absolute Gasteiger partial charge is 0.326 e. The number of urea groups is 1. The molecule has 3 heterocycles. The van der Waals surface area contributed by atoms with Crippen molar-refractivity contribution in [3.05, 3.63) is 34.7 Å². The van der Waals surface area contributed by atoms with E-state index >= 15 is 0 Å². The van der Waals surface area contributed by atoms with Crippen molar-refractivity contribution in [2.75, 3.05) is 32.8 Å². The highest BCUT2D eigenvalue weighted by Crippen LogP contribution is 2.27. The van der Waals surface area contributed by atoms with Gasteiger partial charge in [-0.05, 0) is 31.4 Å². The van der Waals surface area contributed by atoms with Gasteiger partial charge >= 0.3 is 11.7 Å². The number of ether oxygens (including phenoxy) is 1. The van der Waals surface area contributed by atoms with Crippen LogP contribution >= 0.6 is 0 Å². The second kappa shape index (κ2) is 6.79. The molecule has 1 atom stereocenters. The number of aromatic amines is 1. The molecule has 0 radical (unpaired) electrons. The van der Waals surface area contributed by atoms with Crippen LogP contribution in [-0.2, 0) is 4.74 Å². The first-order chi connectivity index (χ1) is 12.6. The number of aromatic nitrogens is 2. The molecule has 2 aliphatic heterocycles. The standard InChI is InChI=1S/C19H26N4O3/c1-19(8-11-26-13-19)12-20-17(24)22-9-6-14(7-10-22)23-16-5-3-2-4-15(16)21-18(23)25/h2-5,14H,6-13H2,1H3,(H,20,24)(H,21,25). The van der Waals surface area contributed by atoms with Gasteiger partial charge in [-0.15, -0.1) is 0 Å². The number of imidazole rings is 1. The molecule has 7 heteroatoms. The number of piperidine rings is 1. The summed E-state index contributed by atoms with van der Waals surface area (Å²) in [5, 5.41) is 3.06. The van der Waals surface area contributed by atoms with Crippen molar-refractivity contribution < 1.29 is 9.53 Å².